The van der Waals surface area contributed by atoms with Crippen molar-refractivity contribution in [2.24, 2.45) is 5.92 Å². The van der Waals surface area contributed by atoms with E-state index in [4.69, 9.17) is 0 Å². The van der Waals surface area contributed by atoms with Gasteiger partial charge in [0, 0.05) is 13.1 Å². The number of rotatable bonds is 4. The molecule has 1 aromatic rings. The van der Waals surface area contributed by atoms with Gasteiger partial charge in [-0.3, -0.25) is 5.10 Å². The highest BCUT2D eigenvalue weighted by Gasteiger charge is 2.30. The largest absolute Gasteiger partial charge is 0.396 e. The van der Waals surface area contributed by atoms with E-state index in [1.807, 2.05) is 11.9 Å². The second-order valence-corrected chi connectivity index (χ2v) is 4.86. The molecule has 5 nitrogen and oxygen atoms in total. The first-order chi connectivity index (χ1) is 8.98. The summed E-state index contributed by atoms with van der Waals surface area (Å²) in [6.45, 7) is 2.55. The molecule has 0 bridgehead atoms. The zero-order valence-electron chi connectivity index (χ0n) is 10.8. The summed E-state index contributed by atoms with van der Waals surface area (Å²) in [5.41, 5.74) is 0. The summed E-state index contributed by atoms with van der Waals surface area (Å²) < 4.78 is 36.7. The van der Waals surface area contributed by atoms with Crippen LogP contribution in [0, 0.1) is 5.92 Å². The van der Waals surface area contributed by atoms with Crippen molar-refractivity contribution in [2.45, 2.75) is 25.4 Å². The number of piperidine rings is 1. The Kier molecular flexibility index (Phi) is 4.28. The topological polar surface area (TPSA) is 56.8 Å². The Balaban J connectivity index is 1.90. The van der Waals surface area contributed by atoms with Crippen molar-refractivity contribution in [3.8, 4) is 0 Å². The van der Waals surface area contributed by atoms with Crippen LogP contribution in [0.1, 0.15) is 18.7 Å². The lowest BCUT2D eigenvalue weighted by Crippen LogP contribution is -2.37. The van der Waals surface area contributed by atoms with Gasteiger partial charge in [0.2, 0.25) is 5.95 Å². The number of anilines is 1. The molecule has 0 aliphatic carbocycles. The minimum Gasteiger partial charge on any atom is -0.340 e. The Hall–Kier alpha value is -1.31. The lowest BCUT2D eigenvalue weighted by molar-refractivity contribution is -0.128. The van der Waals surface area contributed by atoms with Crippen LogP contribution in [-0.2, 0) is 6.42 Å². The van der Waals surface area contributed by atoms with E-state index in [0.717, 1.165) is 32.5 Å². The standard InChI is InChI=1S/C11H18F3N5/c1-15-7-8-2-4-19(5-3-8)10-16-9(17-18-10)6-11(12,13)14/h8,15H,2-7H2,1H3,(H,16,17,18). The van der Waals surface area contributed by atoms with E-state index in [2.05, 4.69) is 20.5 Å². The summed E-state index contributed by atoms with van der Waals surface area (Å²) in [5, 5.41) is 9.37. The normalized spacial score (nSPS) is 18.0. The number of hydrogen-bond donors (Lipinski definition) is 2. The monoisotopic (exact) mass is 277 g/mol. The van der Waals surface area contributed by atoms with Crippen molar-refractivity contribution in [2.75, 3.05) is 31.6 Å². The lowest BCUT2D eigenvalue weighted by atomic mass is 9.97. The van der Waals surface area contributed by atoms with Crippen molar-refractivity contribution in [1.29, 1.82) is 0 Å². The van der Waals surface area contributed by atoms with Gasteiger partial charge in [0.05, 0.1) is 0 Å². The van der Waals surface area contributed by atoms with Crippen molar-refractivity contribution in [1.82, 2.24) is 20.5 Å². The van der Waals surface area contributed by atoms with Crippen molar-refractivity contribution < 1.29 is 13.2 Å². The van der Waals surface area contributed by atoms with E-state index in [1.54, 1.807) is 0 Å². The fraction of sp³-hybridized carbons (Fsp3) is 0.818. The summed E-state index contributed by atoms with van der Waals surface area (Å²) >= 11 is 0. The third-order valence-corrected chi connectivity index (χ3v) is 3.28. The molecule has 1 aliphatic heterocycles. The van der Waals surface area contributed by atoms with Gasteiger partial charge in [0.15, 0.2) is 0 Å². The molecule has 108 valence electrons. The Morgan fingerprint density at radius 2 is 2.05 bits per heavy atom. The lowest BCUT2D eigenvalue weighted by Gasteiger charge is -2.30. The highest BCUT2D eigenvalue weighted by atomic mass is 19.4. The average molecular weight is 277 g/mol. The number of nitrogens with zero attached hydrogens (tertiary/aromatic N) is 3. The maximum absolute atomic E-state index is 12.2. The van der Waals surface area contributed by atoms with Crippen LogP contribution in [0.25, 0.3) is 0 Å². The van der Waals surface area contributed by atoms with Gasteiger partial charge in [-0.2, -0.15) is 18.2 Å². The first kappa shape index (κ1) is 14.1. The van der Waals surface area contributed by atoms with E-state index in [0.29, 0.717) is 11.9 Å². The summed E-state index contributed by atoms with van der Waals surface area (Å²) in [7, 11) is 1.92. The molecule has 2 heterocycles. The van der Waals surface area contributed by atoms with Crippen molar-refractivity contribution in [3.63, 3.8) is 0 Å². The van der Waals surface area contributed by atoms with Gasteiger partial charge in [-0.1, -0.05) is 0 Å². The van der Waals surface area contributed by atoms with E-state index in [1.165, 1.54) is 0 Å². The highest BCUT2D eigenvalue weighted by molar-refractivity contribution is 5.29. The molecule has 0 atom stereocenters. The Morgan fingerprint density at radius 3 is 2.63 bits per heavy atom. The third kappa shape index (κ3) is 4.09. The first-order valence-corrected chi connectivity index (χ1v) is 6.35. The fourth-order valence-electron chi connectivity index (χ4n) is 2.32. The van der Waals surface area contributed by atoms with Crippen LogP contribution in [0.15, 0.2) is 0 Å². The van der Waals surface area contributed by atoms with Crippen LogP contribution < -0.4 is 10.2 Å². The minimum atomic E-state index is -4.25. The van der Waals surface area contributed by atoms with Gasteiger partial charge < -0.3 is 10.2 Å². The molecule has 0 spiro atoms. The first-order valence-electron chi connectivity index (χ1n) is 6.35. The Morgan fingerprint density at radius 1 is 1.37 bits per heavy atom. The molecular formula is C11H18F3N5. The van der Waals surface area contributed by atoms with Gasteiger partial charge in [-0.05, 0) is 32.4 Å². The summed E-state index contributed by atoms with van der Waals surface area (Å²) in [4.78, 5) is 5.85. The molecule has 0 radical (unpaired) electrons. The smallest absolute Gasteiger partial charge is 0.340 e. The van der Waals surface area contributed by atoms with E-state index in [-0.39, 0.29) is 5.82 Å². The molecule has 1 fully saturated rings. The van der Waals surface area contributed by atoms with Crippen LogP contribution >= 0.6 is 0 Å². The second-order valence-electron chi connectivity index (χ2n) is 4.86. The molecule has 0 saturated carbocycles. The zero-order chi connectivity index (χ0) is 13.9. The number of alkyl halides is 3. The molecule has 2 N–H and O–H groups in total. The van der Waals surface area contributed by atoms with Gasteiger partial charge >= 0.3 is 6.18 Å². The molecule has 1 aromatic heterocycles. The maximum Gasteiger partial charge on any atom is 0.396 e. The highest BCUT2D eigenvalue weighted by Crippen LogP contribution is 2.22. The Bertz CT molecular complexity index is 395. The van der Waals surface area contributed by atoms with Crippen LogP contribution in [0.3, 0.4) is 0 Å². The summed E-state index contributed by atoms with van der Waals surface area (Å²) in [6, 6.07) is 0. The molecule has 19 heavy (non-hydrogen) atoms. The van der Waals surface area contributed by atoms with Crippen LogP contribution in [0.5, 0.6) is 0 Å². The number of aromatic nitrogens is 3. The fourth-order valence-corrected chi connectivity index (χ4v) is 2.32. The van der Waals surface area contributed by atoms with Gasteiger partial charge in [-0.15, -0.1) is 5.10 Å². The molecule has 8 heteroatoms. The molecule has 0 unspecified atom stereocenters. The SMILES string of the molecule is CNCC1CCN(c2n[nH]c(CC(F)(F)F)n2)CC1. The van der Waals surface area contributed by atoms with E-state index in [9.17, 15) is 13.2 Å². The third-order valence-electron chi connectivity index (χ3n) is 3.28. The predicted octanol–water partition coefficient (Wildman–Crippen LogP) is 1.35. The Labute approximate surface area is 109 Å². The number of aromatic amines is 1. The summed E-state index contributed by atoms with van der Waals surface area (Å²) in [6.07, 6.45) is -3.30. The molecule has 1 aliphatic rings. The number of hydrogen-bond acceptors (Lipinski definition) is 4. The van der Waals surface area contributed by atoms with Gasteiger partial charge in [-0.25, -0.2) is 0 Å². The number of nitrogens with one attached hydrogen (secondary N) is 2. The maximum atomic E-state index is 12.2. The van der Waals surface area contributed by atoms with E-state index < -0.39 is 12.6 Å². The number of H-pyrrole nitrogens is 1. The average Bonchev–Trinajstić information content (AvgIpc) is 2.76. The molecule has 0 aromatic carbocycles. The van der Waals surface area contributed by atoms with Gasteiger partial charge in [0.25, 0.3) is 0 Å². The molecular weight excluding hydrogens is 259 g/mol. The van der Waals surface area contributed by atoms with Crippen LogP contribution in [-0.4, -0.2) is 48.0 Å². The molecule has 0 amide bonds. The van der Waals surface area contributed by atoms with E-state index >= 15 is 0 Å². The number of halogens is 3. The van der Waals surface area contributed by atoms with Crippen LogP contribution in [0.4, 0.5) is 19.1 Å². The molecule has 1 saturated heterocycles. The van der Waals surface area contributed by atoms with Crippen molar-refractivity contribution in [3.05, 3.63) is 5.82 Å². The quantitative estimate of drug-likeness (QED) is 0.872. The molecule has 2 rings (SSSR count). The second kappa shape index (κ2) is 5.77. The zero-order valence-corrected chi connectivity index (χ0v) is 10.8. The van der Waals surface area contributed by atoms with Crippen LogP contribution in [0.2, 0.25) is 0 Å². The predicted molar refractivity (Wildman–Crippen MR) is 65.0 cm³/mol. The van der Waals surface area contributed by atoms with Crippen molar-refractivity contribution >= 4 is 5.95 Å². The van der Waals surface area contributed by atoms with Gasteiger partial charge in [0.1, 0.15) is 12.2 Å². The minimum absolute atomic E-state index is 0.125. The summed E-state index contributed by atoms with van der Waals surface area (Å²) in [5.74, 6) is 0.872.